The van der Waals surface area contributed by atoms with E-state index in [1.165, 1.54) is 12.1 Å². The molecule has 0 amide bonds. The zero-order chi connectivity index (χ0) is 17.1. The molecule has 2 N–H and O–H groups in total. The van der Waals surface area contributed by atoms with Crippen LogP contribution in [0.15, 0.2) is 60.7 Å². The lowest BCUT2D eigenvalue weighted by atomic mass is 10.0. The second-order valence-corrected chi connectivity index (χ2v) is 5.04. The lowest BCUT2D eigenvalue weighted by molar-refractivity contribution is 0.0382. The van der Waals surface area contributed by atoms with Crippen LogP contribution in [0.4, 0.5) is 0 Å². The summed E-state index contributed by atoms with van der Waals surface area (Å²) >= 11 is 0. The molecule has 0 aliphatic carbocycles. The average Bonchev–Trinajstić information content (AvgIpc) is 2.94. The summed E-state index contributed by atoms with van der Waals surface area (Å²) in [7, 11) is 0. The first-order valence-corrected chi connectivity index (χ1v) is 7.06. The van der Waals surface area contributed by atoms with Gasteiger partial charge in [0.2, 0.25) is 11.8 Å². The largest absolute Gasteiger partial charge is 0.492 e. The van der Waals surface area contributed by atoms with E-state index in [0.29, 0.717) is 10.3 Å². The van der Waals surface area contributed by atoms with E-state index >= 15 is 0 Å². The van der Waals surface area contributed by atoms with Crippen LogP contribution in [0.5, 0.6) is 11.8 Å². The Balaban J connectivity index is 1.86. The first kappa shape index (κ1) is 15.4. The number of aromatic hydroxyl groups is 2. The summed E-state index contributed by atoms with van der Waals surface area (Å²) in [6.45, 7) is 0. The predicted molar refractivity (Wildman–Crippen MR) is 85.9 cm³/mol. The third-order valence-electron chi connectivity index (χ3n) is 3.45. The van der Waals surface area contributed by atoms with Crippen LogP contribution in [-0.2, 0) is 0 Å². The number of nitrogens with zero attached hydrogens (tertiary/aromatic N) is 1. The van der Waals surface area contributed by atoms with Gasteiger partial charge in [-0.3, -0.25) is 4.79 Å². The summed E-state index contributed by atoms with van der Waals surface area (Å²) < 4.78 is 0.633. The lowest BCUT2D eigenvalue weighted by Crippen LogP contribution is -2.19. The van der Waals surface area contributed by atoms with Gasteiger partial charge in [-0.05, 0) is 23.3 Å². The molecule has 120 valence electrons. The topological polar surface area (TPSA) is 88.8 Å². The third kappa shape index (κ3) is 2.98. The van der Waals surface area contributed by atoms with Gasteiger partial charge in [0.1, 0.15) is 6.29 Å². The molecule has 0 unspecified atom stereocenters. The Kier molecular flexibility index (Phi) is 4.03. The molecule has 0 saturated heterocycles. The number of benzene rings is 2. The molecule has 0 aliphatic rings. The van der Waals surface area contributed by atoms with Crippen molar-refractivity contribution in [2.45, 2.75) is 0 Å². The first-order chi connectivity index (χ1) is 11.6. The maximum Gasteiger partial charge on any atom is 0.363 e. The molecule has 0 bridgehead atoms. The van der Waals surface area contributed by atoms with Crippen LogP contribution in [-0.4, -0.2) is 27.2 Å². The number of carbonyl (C=O) groups excluding carboxylic acids is 2. The zero-order valence-corrected chi connectivity index (χ0v) is 12.4. The quantitative estimate of drug-likeness (QED) is 0.721. The highest BCUT2D eigenvalue weighted by Crippen LogP contribution is 2.22. The Morgan fingerprint density at radius 1 is 0.917 bits per heavy atom. The van der Waals surface area contributed by atoms with Gasteiger partial charge in [0.15, 0.2) is 0 Å². The molecule has 1 heterocycles. The first-order valence-electron chi connectivity index (χ1n) is 7.06. The van der Waals surface area contributed by atoms with Gasteiger partial charge in [-0.15, -0.1) is 4.73 Å². The molecule has 0 saturated carbocycles. The zero-order valence-electron chi connectivity index (χ0n) is 12.4. The number of aldehydes is 1. The van der Waals surface area contributed by atoms with Crippen LogP contribution in [0.1, 0.15) is 20.7 Å². The van der Waals surface area contributed by atoms with Crippen molar-refractivity contribution in [3.63, 3.8) is 0 Å². The van der Waals surface area contributed by atoms with Gasteiger partial charge in [0.25, 0.3) is 0 Å². The highest BCUT2D eigenvalue weighted by atomic mass is 16.7. The van der Waals surface area contributed by atoms with E-state index in [1.807, 2.05) is 6.07 Å². The van der Waals surface area contributed by atoms with Crippen LogP contribution >= 0.6 is 0 Å². The van der Waals surface area contributed by atoms with Crippen molar-refractivity contribution in [1.29, 1.82) is 0 Å². The minimum absolute atomic E-state index is 0.250. The fourth-order valence-corrected chi connectivity index (χ4v) is 2.21. The van der Waals surface area contributed by atoms with Crippen LogP contribution in [0.25, 0.3) is 11.1 Å². The Labute approximate surface area is 137 Å². The second kappa shape index (κ2) is 6.29. The van der Waals surface area contributed by atoms with Crippen LogP contribution in [0.3, 0.4) is 0 Å². The molecule has 0 aliphatic heterocycles. The highest BCUT2D eigenvalue weighted by molar-refractivity contribution is 5.91. The molecule has 0 fully saturated rings. The molecule has 24 heavy (non-hydrogen) atoms. The van der Waals surface area contributed by atoms with Crippen molar-refractivity contribution in [3.05, 3.63) is 71.8 Å². The van der Waals surface area contributed by atoms with Crippen molar-refractivity contribution in [2.24, 2.45) is 0 Å². The van der Waals surface area contributed by atoms with Crippen LogP contribution in [0, 0.1) is 0 Å². The molecule has 6 nitrogen and oxygen atoms in total. The van der Waals surface area contributed by atoms with Crippen molar-refractivity contribution in [1.82, 2.24) is 4.73 Å². The van der Waals surface area contributed by atoms with E-state index in [1.54, 1.807) is 42.5 Å². The van der Waals surface area contributed by atoms with Gasteiger partial charge < -0.3 is 15.1 Å². The smallest absolute Gasteiger partial charge is 0.363 e. The summed E-state index contributed by atoms with van der Waals surface area (Å²) in [5.74, 6) is -1.51. The number of hydrogen-bond donors (Lipinski definition) is 2. The van der Waals surface area contributed by atoms with Crippen molar-refractivity contribution in [2.75, 3.05) is 0 Å². The predicted octanol–water partition coefficient (Wildman–Crippen LogP) is 2.65. The van der Waals surface area contributed by atoms with Crippen LogP contribution < -0.4 is 4.84 Å². The summed E-state index contributed by atoms with van der Waals surface area (Å²) in [5, 5.41) is 19.0. The van der Waals surface area contributed by atoms with Gasteiger partial charge in [-0.2, -0.15) is 0 Å². The minimum atomic E-state index is -0.733. The maximum atomic E-state index is 12.2. The molecule has 2 aromatic carbocycles. The molecule has 6 heteroatoms. The Morgan fingerprint density at radius 3 is 2.21 bits per heavy atom. The van der Waals surface area contributed by atoms with Crippen molar-refractivity contribution in [3.8, 4) is 22.9 Å². The number of carbonyl (C=O) groups is 2. The third-order valence-corrected chi connectivity index (χ3v) is 3.45. The van der Waals surface area contributed by atoms with E-state index in [9.17, 15) is 19.8 Å². The van der Waals surface area contributed by atoms with Crippen molar-refractivity contribution < 1.29 is 24.6 Å². The van der Waals surface area contributed by atoms with Crippen molar-refractivity contribution >= 4 is 12.3 Å². The van der Waals surface area contributed by atoms with Gasteiger partial charge >= 0.3 is 5.97 Å². The minimum Gasteiger partial charge on any atom is -0.492 e. The Morgan fingerprint density at radius 2 is 1.58 bits per heavy atom. The fraction of sp³-hybridized carbons (Fsp3) is 0. The fourth-order valence-electron chi connectivity index (χ4n) is 2.21. The SMILES string of the molecule is O=Cc1ccc(-c2cccc(C(=O)On3c(O)ccc3O)c2)cc1. The molecule has 3 aromatic rings. The summed E-state index contributed by atoms with van der Waals surface area (Å²) in [4.78, 5) is 27.8. The molecule has 3 rings (SSSR count). The van der Waals surface area contributed by atoms with E-state index in [-0.39, 0.29) is 17.3 Å². The Hall–Kier alpha value is -3.54. The molecule has 1 aromatic heterocycles. The van der Waals surface area contributed by atoms with Crippen LogP contribution in [0.2, 0.25) is 0 Å². The number of aromatic nitrogens is 1. The standard InChI is InChI=1S/C18H13NO5/c20-11-12-4-6-13(7-5-12)14-2-1-3-15(10-14)18(23)24-19-16(21)8-9-17(19)22/h1-11,21-22H. The summed E-state index contributed by atoms with van der Waals surface area (Å²) in [5.41, 5.74) is 2.41. The Bertz CT molecular complexity index is 877. The van der Waals surface area contributed by atoms with E-state index in [2.05, 4.69) is 0 Å². The van der Waals surface area contributed by atoms with E-state index in [4.69, 9.17) is 4.84 Å². The summed E-state index contributed by atoms with van der Waals surface area (Å²) in [6, 6.07) is 16.0. The molecule has 0 spiro atoms. The van der Waals surface area contributed by atoms with Gasteiger partial charge in [0, 0.05) is 17.7 Å². The van der Waals surface area contributed by atoms with E-state index < -0.39 is 5.97 Å². The molecular weight excluding hydrogens is 310 g/mol. The highest BCUT2D eigenvalue weighted by Gasteiger charge is 2.14. The lowest BCUT2D eigenvalue weighted by Gasteiger charge is -2.08. The molecular formula is C18H13NO5. The monoisotopic (exact) mass is 323 g/mol. The second-order valence-electron chi connectivity index (χ2n) is 5.04. The number of hydrogen-bond acceptors (Lipinski definition) is 5. The van der Waals surface area contributed by atoms with Gasteiger partial charge in [0.05, 0.1) is 5.56 Å². The maximum absolute atomic E-state index is 12.2. The summed E-state index contributed by atoms with van der Waals surface area (Å²) in [6.07, 6.45) is 0.758. The van der Waals surface area contributed by atoms with Gasteiger partial charge in [-0.25, -0.2) is 4.79 Å². The molecule has 0 radical (unpaired) electrons. The van der Waals surface area contributed by atoms with Gasteiger partial charge in [-0.1, -0.05) is 36.4 Å². The molecule has 0 atom stereocenters. The number of rotatable bonds is 4. The normalized spacial score (nSPS) is 10.3. The average molecular weight is 323 g/mol. The van der Waals surface area contributed by atoms with E-state index in [0.717, 1.165) is 17.4 Å².